The first-order chi connectivity index (χ1) is 9.95. The van der Waals surface area contributed by atoms with Gasteiger partial charge in [0.25, 0.3) is 5.91 Å². The Morgan fingerprint density at radius 2 is 2.05 bits per heavy atom. The van der Waals surface area contributed by atoms with Gasteiger partial charge in [-0.15, -0.1) is 0 Å². The van der Waals surface area contributed by atoms with Crippen molar-refractivity contribution in [2.24, 2.45) is 0 Å². The van der Waals surface area contributed by atoms with Crippen molar-refractivity contribution in [1.29, 1.82) is 0 Å². The summed E-state index contributed by atoms with van der Waals surface area (Å²) in [7, 11) is 0. The second-order valence-corrected chi connectivity index (χ2v) is 5.61. The minimum Gasteiger partial charge on any atom is -0.481 e. The average molecular weight is 352 g/mol. The molecule has 0 saturated carbocycles. The zero-order valence-electron chi connectivity index (χ0n) is 11.7. The predicted octanol–water partition coefficient (Wildman–Crippen LogP) is 4.30. The summed E-state index contributed by atoms with van der Waals surface area (Å²) >= 11 is 3.17. The number of carbonyl (C=O) groups is 1. The van der Waals surface area contributed by atoms with Crippen LogP contribution in [0, 0.1) is 12.7 Å². The van der Waals surface area contributed by atoms with Crippen LogP contribution in [0.3, 0.4) is 0 Å². The van der Waals surface area contributed by atoms with Crippen molar-refractivity contribution in [3.63, 3.8) is 0 Å². The highest BCUT2D eigenvalue weighted by Gasteiger charge is 2.16. The minimum atomic E-state index is -0.727. The maximum absolute atomic E-state index is 13.7. The Kier molecular flexibility index (Phi) is 4.96. The summed E-state index contributed by atoms with van der Waals surface area (Å²) in [5, 5.41) is 2.51. The molecule has 0 aliphatic heterocycles. The van der Waals surface area contributed by atoms with E-state index in [2.05, 4.69) is 21.2 Å². The Hall–Kier alpha value is -1.88. The number of nitrogens with one attached hydrogen (secondary N) is 1. The molecular formula is C16H15BrFNO2. The van der Waals surface area contributed by atoms with Crippen LogP contribution in [0.15, 0.2) is 46.9 Å². The molecule has 0 radical (unpaired) electrons. The van der Waals surface area contributed by atoms with Crippen molar-refractivity contribution in [2.45, 2.75) is 20.0 Å². The largest absolute Gasteiger partial charge is 0.481 e. The molecule has 0 fully saturated rings. The number of hydrogen-bond acceptors (Lipinski definition) is 2. The fourth-order valence-corrected chi connectivity index (χ4v) is 2.10. The lowest BCUT2D eigenvalue weighted by atomic mass is 10.2. The van der Waals surface area contributed by atoms with E-state index in [0.717, 1.165) is 5.56 Å². The summed E-state index contributed by atoms with van der Waals surface area (Å²) in [6.07, 6.45) is -0.727. The van der Waals surface area contributed by atoms with E-state index >= 15 is 0 Å². The van der Waals surface area contributed by atoms with Gasteiger partial charge in [-0.05, 0) is 49.7 Å². The van der Waals surface area contributed by atoms with Crippen molar-refractivity contribution in [1.82, 2.24) is 0 Å². The smallest absolute Gasteiger partial charge is 0.265 e. The lowest BCUT2D eigenvalue weighted by Crippen LogP contribution is -2.30. The second kappa shape index (κ2) is 6.72. The standard InChI is InChI=1S/C16H15BrFNO2/c1-10-4-3-5-13(8-10)21-11(2)16(20)19-15-7-6-12(17)9-14(15)18/h3-9,11H,1-2H3,(H,19,20)/t11-/m0/s1. The molecule has 1 atom stereocenters. The van der Waals surface area contributed by atoms with Gasteiger partial charge in [0.2, 0.25) is 0 Å². The molecule has 2 aromatic carbocycles. The zero-order chi connectivity index (χ0) is 15.4. The highest BCUT2D eigenvalue weighted by Crippen LogP contribution is 2.20. The first kappa shape index (κ1) is 15.5. The fraction of sp³-hybridized carbons (Fsp3) is 0.188. The molecule has 0 aliphatic carbocycles. The number of benzene rings is 2. The number of anilines is 1. The van der Waals surface area contributed by atoms with Gasteiger partial charge in [0.05, 0.1) is 5.69 Å². The van der Waals surface area contributed by atoms with E-state index in [-0.39, 0.29) is 5.69 Å². The Morgan fingerprint density at radius 1 is 1.29 bits per heavy atom. The fourth-order valence-electron chi connectivity index (χ4n) is 1.77. The third kappa shape index (κ3) is 4.29. The Labute approximate surface area is 131 Å². The lowest BCUT2D eigenvalue weighted by molar-refractivity contribution is -0.122. The SMILES string of the molecule is Cc1cccc(O[C@@H](C)C(=O)Nc2ccc(Br)cc2F)c1. The molecule has 0 saturated heterocycles. The van der Waals surface area contributed by atoms with Crippen LogP contribution >= 0.6 is 15.9 Å². The lowest BCUT2D eigenvalue weighted by Gasteiger charge is -2.15. The number of halogens is 2. The summed E-state index contributed by atoms with van der Waals surface area (Å²) < 4.78 is 19.8. The van der Waals surface area contributed by atoms with Crippen LogP contribution in [-0.4, -0.2) is 12.0 Å². The highest BCUT2D eigenvalue weighted by molar-refractivity contribution is 9.10. The monoisotopic (exact) mass is 351 g/mol. The normalized spacial score (nSPS) is 11.8. The van der Waals surface area contributed by atoms with Crippen LogP contribution in [0.1, 0.15) is 12.5 Å². The summed E-state index contributed by atoms with van der Waals surface area (Å²) in [6, 6.07) is 11.8. The van der Waals surface area contributed by atoms with Crippen molar-refractivity contribution < 1.29 is 13.9 Å². The maximum Gasteiger partial charge on any atom is 0.265 e. The molecule has 0 unspecified atom stereocenters. The average Bonchev–Trinajstić information content (AvgIpc) is 2.41. The number of amides is 1. The van der Waals surface area contributed by atoms with Crippen molar-refractivity contribution >= 4 is 27.5 Å². The Balaban J connectivity index is 2.02. The van der Waals surface area contributed by atoms with Gasteiger partial charge in [-0.25, -0.2) is 4.39 Å². The molecule has 0 aromatic heterocycles. The molecule has 2 rings (SSSR count). The molecule has 0 heterocycles. The minimum absolute atomic E-state index is 0.128. The first-order valence-electron chi connectivity index (χ1n) is 6.45. The van der Waals surface area contributed by atoms with Crippen LogP contribution < -0.4 is 10.1 Å². The zero-order valence-corrected chi connectivity index (χ0v) is 13.3. The molecule has 0 spiro atoms. The van der Waals surface area contributed by atoms with E-state index in [1.165, 1.54) is 12.1 Å². The molecule has 5 heteroatoms. The number of hydrogen-bond donors (Lipinski definition) is 1. The number of aryl methyl sites for hydroxylation is 1. The molecule has 3 nitrogen and oxygen atoms in total. The highest BCUT2D eigenvalue weighted by atomic mass is 79.9. The molecule has 110 valence electrons. The number of rotatable bonds is 4. The summed E-state index contributed by atoms with van der Waals surface area (Å²) in [6.45, 7) is 3.56. The van der Waals surface area contributed by atoms with Gasteiger partial charge in [0.1, 0.15) is 11.6 Å². The van der Waals surface area contributed by atoms with Gasteiger partial charge in [-0.2, -0.15) is 0 Å². The summed E-state index contributed by atoms with van der Waals surface area (Å²) in [4.78, 5) is 12.0. The molecule has 21 heavy (non-hydrogen) atoms. The van der Waals surface area contributed by atoms with Gasteiger partial charge >= 0.3 is 0 Å². The maximum atomic E-state index is 13.7. The molecule has 2 aromatic rings. The van der Waals surface area contributed by atoms with E-state index in [1.54, 1.807) is 19.1 Å². The van der Waals surface area contributed by atoms with Gasteiger partial charge < -0.3 is 10.1 Å². The number of carbonyl (C=O) groups excluding carboxylic acids is 1. The van der Waals surface area contributed by atoms with Crippen LogP contribution in [0.5, 0.6) is 5.75 Å². The molecule has 1 amide bonds. The van der Waals surface area contributed by atoms with Crippen molar-refractivity contribution in [3.05, 3.63) is 58.3 Å². The van der Waals surface area contributed by atoms with Gasteiger partial charge in [-0.3, -0.25) is 4.79 Å². The van der Waals surface area contributed by atoms with Gasteiger partial charge in [0, 0.05) is 4.47 Å². The van der Waals surface area contributed by atoms with E-state index in [9.17, 15) is 9.18 Å². The van der Waals surface area contributed by atoms with Gasteiger partial charge in [0.15, 0.2) is 6.10 Å². The molecular weight excluding hydrogens is 337 g/mol. The quantitative estimate of drug-likeness (QED) is 0.891. The van der Waals surface area contributed by atoms with E-state index in [1.807, 2.05) is 25.1 Å². The van der Waals surface area contributed by atoms with Crippen LogP contribution in [0.25, 0.3) is 0 Å². The topological polar surface area (TPSA) is 38.3 Å². The van der Waals surface area contributed by atoms with Crippen LogP contribution in [0.2, 0.25) is 0 Å². The van der Waals surface area contributed by atoms with Crippen LogP contribution in [-0.2, 0) is 4.79 Å². The Morgan fingerprint density at radius 3 is 2.71 bits per heavy atom. The third-order valence-electron chi connectivity index (χ3n) is 2.86. The first-order valence-corrected chi connectivity index (χ1v) is 7.24. The summed E-state index contributed by atoms with van der Waals surface area (Å²) in [5.74, 6) is -0.299. The van der Waals surface area contributed by atoms with E-state index in [0.29, 0.717) is 10.2 Å². The molecule has 0 aliphatic rings. The molecule has 1 N–H and O–H groups in total. The van der Waals surface area contributed by atoms with E-state index < -0.39 is 17.8 Å². The summed E-state index contributed by atoms with van der Waals surface area (Å²) in [5.41, 5.74) is 1.17. The number of ether oxygens (including phenoxy) is 1. The Bertz CT molecular complexity index is 660. The third-order valence-corrected chi connectivity index (χ3v) is 3.35. The molecule has 0 bridgehead atoms. The van der Waals surface area contributed by atoms with Crippen molar-refractivity contribution in [3.8, 4) is 5.75 Å². The van der Waals surface area contributed by atoms with E-state index in [4.69, 9.17) is 4.74 Å². The van der Waals surface area contributed by atoms with Gasteiger partial charge in [-0.1, -0.05) is 28.1 Å². The second-order valence-electron chi connectivity index (χ2n) is 4.69. The van der Waals surface area contributed by atoms with Crippen LogP contribution in [0.4, 0.5) is 10.1 Å². The predicted molar refractivity (Wildman–Crippen MR) is 84.0 cm³/mol. The van der Waals surface area contributed by atoms with Crippen molar-refractivity contribution in [2.75, 3.05) is 5.32 Å².